The van der Waals surface area contributed by atoms with Crippen LogP contribution < -0.4 is 25.2 Å². The maximum atomic E-state index is 17.2. The molecule has 0 radical (unpaired) electrons. The molecule has 5 aromatic rings. The molecule has 3 N–H and O–H groups in total. The van der Waals surface area contributed by atoms with E-state index in [4.69, 9.17) is 21.1 Å². The highest BCUT2D eigenvalue weighted by Gasteiger charge is 2.51. The number of aromatic hydroxyl groups is 1. The van der Waals surface area contributed by atoms with Gasteiger partial charge in [-0.25, -0.2) is 8.78 Å². The predicted molar refractivity (Wildman–Crippen MR) is 267 cm³/mol. The van der Waals surface area contributed by atoms with Crippen molar-refractivity contribution < 1.29 is 37.8 Å². The fourth-order valence-electron chi connectivity index (χ4n) is 13.3. The number of carbonyl (C=O) groups is 4. The van der Waals surface area contributed by atoms with E-state index in [1.807, 2.05) is 6.07 Å². The van der Waals surface area contributed by atoms with E-state index in [9.17, 15) is 24.3 Å². The summed E-state index contributed by atoms with van der Waals surface area (Å²) in [6.45, 7) is 7.88. The van der Waals surface area contributed by atoms with Crippen molar-refractivity contribution in [2.45, 2.75) is 88.4 Å². The Hall–Kier alpha value is -6.81. The number of terminal acetylenes is 1. The fourth-order valence-corrected chi connectivity index (χ4v) is 13.3. The van der Waals surface area contributed by atoms with Crippen LogP contribution in [0.15, 0.2) is 48.7 Å². The van der Waals surface area contributed by atoms with Crippen molar-refractivity contribution >= 4 is 56.8 Å². The molecular weight excluding hydrogens is 935 g/mol. The quantitative estimate of drug-likeness (QED) is 0.120. The third-order valence-electron chi connectivity index (χ3n) is 17.5. The van der Waals surface area contributed by atoms with Crippen molar-refractivity contribution in [1.29, 1.82) is 0 Å². The molecule has 4 amide bonds. The van der Waals surface area contributed by atoms with E-state index in [-0.39, 0.29) is 69.8 Å². The highest BCUT2D eigenvalue weighted by atomic mass is 19.1. The Morgan fingerprint density at radius 3 is 2.36 bits per heavy atom. The van der Waals surface area contributed by atoms with E-state index in [0.717, 1.165) is 108 Å². The maximum absolute atomic E-state index is 17.2. The smallest absolute Gasteiger partial charge is 0.319 e. The second-order valence-corrected chi connectivity index (χ2v) is 22.0. The van der Waals surface area contributed by atoms with Crippen molar-refractivity contribution in [3.05, 3.63) is 77.0 Å². The molecule has 73 heavy (non-hydrogen) atoms. The number of benzene rings is 3. The lowest BCUT2D eigenvalue weighted by molar-refractivity contribution is -0.136. The van der Waals surface area contributed by atoms with Crippen LogP contribution in [-0.4, -0.2) is 148 Å². The lowest BCUT2D eigenvalue weighted by atomic mass is 9.60. The van der Waals surface area contributed by atoms with Crippen molar-refractivity contribution in [2.24, 2.45) is 10.8 Å². The molecule has 2 bridgehead atoms. The van der Waals surface area contributed by atoms with Gasteiger partial charge in [0, 0.05) is 92.9 Å². The summed E-state index contributed by atoms with van der Waals surface area (Å²) in [6, 6.07) is 11.1. The van der Waals surface area contributed by atoms with Gasteiger partial charge in [0.25, 0.3) is 11.8 Å². The van der Waals surface area contributed by atoms with Crippen LogP contribution in [-0.2, 0) is 9.59 Å². The number of piperidine rings is 2. The van der Waals surface area contributed by atoms with E-state index >= 15 is 8.78 Å². The number of likely N-dealkylation sites (tertiary alicyclic amines) is 1. The summed E-state index contributed by atoms with van der Waals surface area (Å²) in [6.07, 6.45) is 16.3. The van der Waals surface area contributed by atoms with Crippen molar-refractivity contribution in [1.82, 2.24) is 40.3 Å². The first-order valence-electron chi connectivity index (χ1n) is 25.8. The van der Waals surface area contributed by atoms with E-state index in [1.165, 1.54) is 24.3 Å². The number of phenols is 1. The lowest BCUT2D eigenvalue weighted by Gasteiger charge is -2.56. The minimum Gasteiger partial charge on any atom is -0.508 e. The number of nitrogens with zero attached hydrogens (tertiary/aromatic N) is 8. The number of rotatable bonds is 10. The number of halogens is 2. The molecule has 2 aromatic heterocycles. The molecule has 2 aliphatic carbocycles. The molecule has 16 nitrogen and oxygen atoms in total. The number of ether oxygens (including phenoxy) is 1. The molecule has 3 aromatic carbocycles. The number of hydrogen-bond acceptors (Lipinski definition) is 14. The maximum Gasteiger partial charge on any atom is 0.319 e. The summed E-state index contributed by atoms with van der Waals surface area (Å²) in [5, 5.41) is 17.8. The Morgan fingerprint density at radius 1 is 0.863 bits per heavy atom. The van der Waals surface area contributed by atoms with Gasteiger partial charge in [-0.05, 0) is 112 Å². The van der Waals surface area contributed by atoms with Crippen molar-refractivity contribution in [3.63, 3.8) is 0 Å². The molecule has 3 atom stereocenters. The van der Waals surface area contributed by atoms with Crippen LogP contribution in [0.5, 0.6) is 11.8 Å². The average molecular weight is 991 g/mol. The third kappa shape index (κ3) is 7.93. The summed E-state index contributed by atoms with van der Waals surface area (Å²) in [7, 11) is 0. The molecule has 376 valence electrons. The summed E-state index contributed by atoms with van der Waals surface area (Å²) in [5.41, 5.74) is 1.68. The molecule has 1 spiro atoms. The van der Waals surface area contributed by atoms with Gasteiger partial charge in [0.2, 0.25) is 11.8 Å². The molecule has 8 aliphatic rings. The van der Waals surface area contributed by atoms with E-state index < -0.39 is 41.3 Å². The van der Waals surface area contributed by atoms with Crippen LogP contribution in [0.2, 0.25) is 0 Å². The third-order valence-corrected chi connectivity index (χ3v) is 17.5. The van der Waals surface area contributed by atoms with Crippen LogP contribution in [0, 0.1) is 34.8 Å². The number of imide groups is 2. The standard InChI is InChI=1S/C55H56F2N10O6/c1-2-36-40(56)9-6-31-22-35(68)23-38(44(31)36)47-46(57)48-39(26-58-47)49(66-27-32-7-8-33(28-66)59-32)62-53(61-48)73-30-55(12-13-55)29-63-16-14-54(15-17-63)24-34(25-54)64-18-20-65(21-19-64)41-5-3-4-37-45(41)52(72)67(51(37)71)42-10-11-43(69)60-50(42)70/h1,3-6,9,22-23,26,32-34,42,59,68H,7-8,10-21,24-25,27-30H2,(H,60,69,70). The summed E-state index contributed by atoms with van der Waals surface area (Å²) in [4.78, 5) is 76.5. The van der Waals surface area contributed by atoms with Gasteiger partial charge in [-0.2, -0.15) is 9.97 Å². The minimum absolute atomic E-state index is 0.0338. The number of anilines is 2. The average Bonchev–Trinajstić information content (AvgIpc) is 4.00. The van der Waals surface area contributed by atoms with Gasteiger partial charge in [-0.3, -0.25) is 39.3 Å². The molecule has 5 saturated heterocycles. The zero-order valence-corrected chi connectivity index (χ0v) is 40.5. The first-order chi connectivity index (χ1) is 35.3. The number of amides is 4. The summed E-state index contributed by atoms with van der Waals surface area (Å²) in [5.74, 6) is -0.499. The number of carbonyl (C=O) groups excluding carboxylic acids is 4. The van der Waals surface area contributed by atoms with Crippen LogP contribution in [0.3, 0.4) is 0 Å². The SMILES string of the molecule is C#Cc1c(F)ccc2cc(O)cc(-c3ncc4c(N5CC6CCC(C5)N6)nc(OCC5(CN6CCC7(CC6)CC(N6CCN(c8cccc9c8C(=O)N(C8CCC(=O)NC8=O)C9=O)CC6)C7)CC5)nc4c3F)c12. The van der Waals surface area contributed by atoms with Gasteiger partial charge in [0.15, 0.2) is 5.82 Å². The Morgan fingerprint density at radius 2 is 1.63 bits per heavy atom. The normalized spacial score (nSPS) is 24.8. The predicted octanol–water partition coefficient (Wildman–Crippen LogP) is 5.38. The number of piperazine rings is 2. The fraction of sp³-hybridized carbons (Fsp3) is 0.473. The van der Waals surface area contributed by atoms with E-state index in [1.54, 1.807) is 18.3 Å². The van der Waals surface area contributed by atoms with Gasteiger partial charge < -0.3 is 29.9 Å². The number of hydrogen-bond donors (Lipinski definition) is 3. The second-order valence-electron chi connectivity index (χ2n) is 22.0. The molecule has 7 fully saturated rings. The number of pyridine rings is 1. The Kier molecular flexibility index (Phi) is 11.0. The van der Waals surface area contributed by atoms with Crippen LogP contribution >= 0.6 is 0 Å². The molecule has 8 heterocycles. The second kappa shape index (κ2) is 17.4. The number of nitrogens with one attached hydrogen (secondary N) is 2. The van der Waals surface area contributed by atoms with Gasteiger partial charge in [-0.15, -0.1) is 6.42 Å². The van der Waals surface area contributed by atoms with Crippen molar-refractivity contribution in [2.75, 3.05) is 75.3 Å². The van der Waals surface area contributed by atoms with Gasteiger partial charge in [0.05, 0.1) is 34.4 Å². The molecule has 2 saturated carbocycles. The van der Waals surface area contributed by atoms with Crippen LogP contribution in [0.25, 0.3) is 32.9 Å². The van der Waals surface area contributed by atoms with Gasteiger partial charge >= 0.3 is 6.01 Å². The first-order valence-corrected chi connectivity index (χ1v) is 25.8. The van der Waals surface area contributed by atoms with Crippen LogP contribution in [0.4, 0.5) is 20.3 Å². The number of phenolic OH excluding ortho intramolecular Hbond substituents is 1. The molecule has 6 aliphatic heterocycles. The largest absolute Gasteiger partial charge is 0.508 e. The minimum atomic E-state index is -0.996. The molecule has 13 rings (SSSR count). The zero-order valence-electron chi connectivity index (χ0n) is 40.5. The van der Waals surface area contributed by atoms with E-state index in [2.05, 4.69) is 41.1 Å². The number of aromatic nitrogens is 3. The molecule has 18 heteroatoms. The zero-order chi connectivity index (χ0) is 49.9. The highest BCUT2D eigenvalue weighted by Crippen LogP contribution is 2.53. The monoisotopic (exact) mass is 990 g/mol. The molecule has 3 unspecified atom stereocenters. The van der Waals surface area contributed by atoms with Gasteiger partial charge in [0.1, 0.15) is 34.6 Å². The van der Waals surface area contributed by atoms with Crippen molar-refractivity contribution in [3.8, 4) is 35.4 Å². The highest BCUT2D eigenvalue weighted by molar-refractivity contribution is 6.25. The number of fused-ring (bicyclic) bond motifs is 5. The Bertz CT molecular complexity index is 3200. The Labute approximate surface area is 420 Å². The van der Waals surface area contributed by atoms with Gasteiger partial charge in [-0.1, -0.05) is 18.1 Å². The topological polar surface area (TPSA) is 177 Å². The lowest BCUT2D eigenvalue weighted by Crippen LogP contribution is -2.59. The van der Waals surface area contributed by atoms with E-state index in [0.29, 0.717) is 58.9 Å². The Balaban J connectivity index is 0.654. The first kappa shape index (κ1) is 46.0. The summed E-state index contributed by atoms with van der Waals surface area (Å²) < 4.78 is 38.8. The van der Waals surface area contributed by atoms with Crippen LogP contribution in [0.1, 0.15) is 90.5 Å². The summed E-state index contributed by atoms with van der Waals surface area (Å²) >= 11 is 0. The molecular formula is C55H56F2N10O6.